The Labute approximate surface area is 165 Å². The summed E-state index contributed by atoms with van der Waals surface area (Å²) in [6.07, 6.45) is 0.0537. The van der Waals surface area contributed by atoms with Crippen LogP contribution in [-0.4, -0.2) is 29.5 Å². The number of nitro benzene ring substituents is 1. The number of non-ortho nitro benzene ring substituents is 1. The number of benzene rings is 2. The molecule has 146 valence electrons. The van der Waals surface area contributed by atoms with E-state index in [4.69, 9.17) is 0 Å². The van der Waals surface area contributed by atoms with Crippen LogP contribution in [-0.2, 0) is 21.1 Å². The number of anilines is 1. The third-order valence-electron chi connectivity index (χ3n) is 4.07. The average Bonchev–Trinajstić information content (AvgIpc) is 3.02. The van der Waals surface area contributed by atoms with E-state index in [0.717, 1.165) is 11.3 Å². The topological polar surface area (TPSA) is 119 Å². The number of amides is 1. The molecule has 3 rings (SSSR count). The molecular formula is C18H17N3O5S2. The van der Waals surface area contributed by atoms with Gasteiger partial charge in [0.1, 0.15) is 0 Å². The highest BCUT2D eigenvalue weighted by molar-refractivity contribution is 7.92. The van der Waals surface area contributed by atoms with Gasteiger partial charge in [-0.3, -0.25) is 14.9 Å². The van der Waals surface area contributed by atoms with E-state index in [-0.39, 0.29) is 22.9 Å². The molecule has 0 aliphatic rings. The molecule has 0 spiro atoms. The van der Waals surface area contributed by atoms with E-state index in [2.05, 4.69) is 10.3 Å². The van der Waals surface area contributed by atoms with Crippen molar-refractivity contribution < 1.29 is 18.1 Å². The summed E-state index contributed by atoms with van der Waals surface area (Å²) in [5, 5.41) is 13.3. The van der Waals surface area contributed by atoms with Gasteiger partial charge in [-0.25, -0.2) is 13.4 Å². The maximum absolute atomic E-state index is 12.3. The molecule has 0 radical (unpaired) electrons. The van der Waals surface area contributed by atoms with Crippen molar-refractivity contribution in [1.82, 2.24) is 4.98 Å². The molecule has 0 atom stereocenters. The molecule has 0 aliphatic carbocycles. The lowest BCUT2D eigenvalue weighted by molar-refractivity contribution is -0.384. The predicted octanol–water partition coefficient (Wildman–Crippen LogP) is 3.57. The standard InChI is InChI=1S/C18H17N3O5S2/c1-11(2)28(25,26)14-6-3-12(4-7-14)9-17(22)20-18-19-15-8-5-13(21(23)24)10-16(15)27-18/h3-8,10-11H,9H2,1-2H3,(H,19,20,22). The first-order valence-corrected chi connectivity index (χ1v) is 10.7. The Bertz CT molecular complexity index is 1150. The Morgan fingerprint density at radius 1 is 1.21 bits per heavy atom. The molecule has 1 amide bonds. The smallest absolute Gasteiger partial charge is 0.270 e. The second kappa shape index (κ2) is 7.64. The van der Waals surface area contributed by atoms with E-state index in [9.17, 15) is 23.3 Å². The lowest BCUT2D eigenvalue weighted by Crippen LogP contribution is -2.15. The number of carbonyl (C=O) groups excluding carboxylic acids is 1. The summed E-state index contributed by atoms with van der Waals surface area (Å²) in [6.45, 7) is 3.23. The Kier molecular flexibility index (Phi) is 5.43. The fraction of sp³-hybridized carbons (Fsp3) is 0.222. The van der Waals surface area contributed by atoms with E-state index < -0.39 is 20.0 Å². The number of nitrogens with zero attached hydrogens (tertiary/aromatic N) is 2. The molecule has 8 nitrogen and oxygen atoms in total. The molecule has 28 heavy (non-hydrogen) atoms. The number of sulfone groups is 1. The summed E-state index contributed by atoms with van der Waals surface area (Å²) in [4.78, 5) is 27.1. The van der Waals surface area contributed by atoms with Crippen molar-refractivity contribution in [2.24, 2.45) is 0 Å². The summed E-state index contributed by atoms with van der Waals surface area (Å²) in [5.41, 5.74) is 1.19. The zero-order valence-corrected chi connectivity index (χ0v) is 16.7. The number of nitro groups is 1. The maximum atomic E-state index is 12.3. The van der Waals surface area contributed by atoms with Crippen LogP contribution < -0.4 is 5.32 Å². The Morgan fingerprint density at radius 2 is 1.89 bits per heavy atom. The predicted molar refractivity (Wildman–Crippen MR) is 107 cm³/mol. The summed E-state index contributed by atoms with van der Waals surface area (Å²) in [6, 6.07) is 10.5. The number of thiazole rings is 1. The second-order valence-electron chi connectivity index (χ2n) is 6.39. The van der Waals surface area contributed by atoms with Crippen molar-refractivity contribution in [2.75, 3.05) is 5.32 Å². The number of carbonyl (C=O) groups is 1. The molecule has 0 fully saturated rings. The number of aromatic nitrogens is 1. The third kappa shape index (κ3) is 4.18. The SMILES string of the molecule is CC(C)S(=O)(=O)c1ccc(CC(=O)Nc2nc3ccc([N+](=O)[O-])cc3s2)cc1. The first-order valence-electron chi connectivity index (χ1n) is 8.34. The molecule has 0 unspecified atom stereocenters. The minimum atomic E-state index is -3.35. The quantitative estimate of drug-likeness (QED) is 0.482. The minimum Gasteiger partial charge on any atom is -0.302 e. The van der Waals surface area contributed by atoms with Crippen LogP contribution in [0.15, 0.2) is 47.4 Å². The minimum absolute atomic E-state index is 0.0366. The number of rotatable bonds is 6. The van der Waals surface area contributed by atoms with Crippen LogP contribution >= 0.6 is 11.3 Å². The van der Waals surface area contributed by atoms with E-state index in [1.807, 2.05) is 0 Å². The van der Waals surface area contributed by atoms with Crippen LogP contribution in [0, 0.1) is 10.1 Å². The lowest BCUT2D eigenvalue weighted by Gasteiger charge is -2.08. The zero-order valence-electron chi connectivity index (χ0n) is 15.1. The molecule has 10 heteroatoms. The van der Waals surface area contributed by atoms with Crippen molar-refractivity contribution in [3.63, 3.8) is 0 Å². The molecule has 0 saturated carbocycles. The number of nitrogens with one attached hydrogen (secondary N) is 1. The van der Waals surface area contributed by atoms with Crippen LogP contribution in [0.25, 0.3) is 10.2 Å². The fourth-order valence-electron chi connectivity index (χ4n) is 2.50. The van der Waals surface area contributed by atoms with Crippen LogP contribution in [0.4, 0.5) is 10.8 Å². The van der Waals surface area contributed by atoms with E-state index in [1.54, 1.807) is 26.0 Å². The fourth-order valence-corrected chi connectivity index (χ4v) is 4.47. The molecule has 0 aliphatic heterocycles. The third-order valence-corrected chi connectivity index (χ3v) is 7.17. The Balaban J connectivity index is 1.70. The number of fused-ring (bicyclic) bond motifs is 1. The summed E-state index contributed by atoms with van der Waals surface area (Å²) < 4.78 is 24.9. The average molecular weight is 419 g/mol. The van der Waals surface area contributed by atoms with Crippen molar-refractivity contribution in [3.05, 3.63) is 58.1 Å². The highest BCUT2D eigenvalue weighted by Crippen LogP contribution is 2.29. The van der Waals surface area contributed by atoms with Gasteiger partial charge in [-0.2, -0.15) is 0 Å². The van der Waals surface area contributed by atoms with Gasteiger partial charge in [-0.05, 0) is 37.6 Å². The highest BCUT2D eigenvalue weighted by atomic mass is 32.2. The van der Waals surface area contributed by atoms with E-state index >= 15 is 0 Å². The summed E-state index contributed by atoms with van der Waals surface area (Å²) in [7, 11) is -3.35. The van der Waals surface area contributed by atoms with Gasteiger partial charge in [0.2, 0.25) is 5.91 Å². The molecule has 2 aromatic carbocycles. The molecule has 1 heterocycles. The van der Waals surface area contributed by atoms with Gasteiger partial charge in [0.25, 0.3) is 5.69 Å². The van der Waals surface area contributed by atoms with Gasteiger partial charge in [-0.1, -0.05) is 23.5 Å². The highest BCUT2D eigenvalue weighted by Gasteiger charge is 2.19. The Hall–Kier alpha value is -2.85. The molecule has 0 bridgehead atoms. The largest absolute Gasteiger partial charge is 0.302 e. The first kappa shape index (κ1) is 19.9. The van der Waals surface area contributed by atoms with Crippen LogP contribution in [0.5, 0.6) is 0 Å². The molecular weight excluding hydrogens is 402 g/mol. The van der Waals surface area contributed by atoms with Gasteiger partial charge >= 0.3 is 0 Å². The number of hydrogen-bond acceptors (Lipinski definition) is 7. The Morgan fingerprint density at radius 3 is 2.50 bits per heavy atom. The van der Waals surface area contributed by atoms with Crippen molar-refractivity contribution in [3.8, 4) is 0 Å². The normalized spacial score (nSPS) is 11.7. The van der Waals surface area contributed by atoms with E-state index in [1.165, 1.54) is 30.3 Å². The summed E-state index contributed by atoms with van der Waals surface area (Å²) >= 11 is 1.15. The van der Waals surface area contributed by atoms with Gasteiger partial charge in [-0.15, -0.1) is 0 Å². The first-order chi connectivity index (χ1) is 13.2. The van der Waals surface area contributed by atoms with Crippen molar-refractivity contribution in [2.45, 2.75) is 30.4 Å². The van der Waals surface area contributed by atoms with Crippen LogP contribution in [0.3, 0.4) is 0 Å². The van der Waals surface area contributed by atoms with Crippen LogP contribution in [0.2, 0.25) is 0 Å². The van der Waals surface area contributed by atoms with E-state index in [0.29, 0.717) is 20.9 Å². The molecule has 1 N–H and O–H groups in total. The zero-order chi connectivity index (χ0) is 20.5. The monoisotopic (exact) mass is 419 g/mol. The van der Waals surface area contributed by atoms with Gasteiger partial charge in [0.05, 0.1) is 31.7 Å². The van der Waals surface area contributed by atoms with Crippen molar-refractivity contribution >= 4 is 48.1 Å². The van der Waals surface area contributed by atoms with Gasteiger partial charge in [0.15, 0.2) is 15.0 Å². The summed E-state index contributed by atoms with van der Waals surface area (Å²) in [5.74, 6) is -0.312. The van der Waals surface area contributed by atoms with Crippen molar-refractivity contribution in [1.29, 1.82) is 0 Å². The second-order valence-corrected chi connectivity index (χ2v) is 9.93. The molecule has 3 aromatic rings. The number of hydrogen-bond donors (Lipinski definition) is 1. The lowest BCUT2D eigenvalue weighted by atomic mass is 10.1. The molecule has 1 aromatic heterocycles. The molecule has 0 saturated heterocycles. The van der Waals surface area contributed by atoms with Crippen LogP contribution in [0.1, 0.15) is 19.4 Å². The van der Waals surface area contributed by atoms with Gasteiger partial charge in [0, 0.05) is 12.1 Å². The maximum Gasteiger partial charge on any atom is 0.270 e. The van der Waals surface area contributed by atoms with Gasteiger partial charge < -0.3 is 5.32 Å².